The first-order valence-electron chi connectivity index (χ1n) is 3.94. The van der Waals surface area contributed by atoms with Crippen LogP contribution >= 0.6 is 12.4 Å². The molecule has 0 aliphatic heterocycles. The van der Waals surface area contributed by atoms with Crippen molar-refractivity contribution in [3.8, 4) is 0 Å². The Bertz CT molecular complexity index is 335. The van der Waals surface area contributed by atoms with Gasteiger partial charge in [0, 0.05) is 6.04 Å². The maximum atomic E-state index is 12.9. The van der Waals surface area contributed by atoms with Crippen molar-refractivity contribution in [2.24, 2.45) is 5.73 Å². The third-order valence-corrected chi connectivity index (χ3v) is 1.82. The lowest BCUT2D eigenvalue weighted by Gasteiger charge is -2.10. The molecular formula is C9H10ClF4N. The third kappa shape index (κ3) is 3.35. The maximum absolute atomic E-state index is 12.9. The van der Waals surface area contributed by atoms with Crippen molar-refractivity contribution in [3.63, 3.8) is 0 Å². The van der Waals surface area contributed by atoms with Gasteiger partial charge >= 0.3 is 6.18 Å². The van der Waals surface area contributed by atoms with Crippen LogP contribution in [0.2, 0.25) is 0 Å². The lowest BCUT2D eigenvalue weighted by molar-refractivity contribution is -0.140. The highest BCUT2D eigenvalue weighted by molar-refractivity contribution is 5.85. The number of nitrogens with two attached hydrogens (primary N) is 1. The lowest BCUT2D eigenvalue weighted by atomic mass is 10.1. The van der Waals surface area contributed by atoms with Gasteiger partial charge in [-0.1, -0.05) is 6.07 Å². The van der Waals surface area contributed by atoms with Gasteiger partial charge in [-0.15, -0.1) is 12.4 Å². The second-order valence-corrected chi connectivity index (χ2v) is 3.03. The molecule has 0 aromatic heterocycles. The molecular weight excluding hydrogens is 234 g/mol. The van der Waals surface area contributed by atoms with Gasteiger partial charge in [0.25, 0.3) is 0 Å². The molecule has 0 spiro atoms. The maximum Gasteiger partial charge on any atom is 0.419 e. The number of hydrogen-bond donors (Lipinski definition) is 1. The van der Waals surface area contributed by atoms with Gasteiger partial charge in [-0.3, -0.25) is 0 Å². The highest BCUT2D eigenvalue weighted by Crippen LogP contribution is 2.32. The standard InChI is InChI=1S/C9H9F4N.ClH/c1-5(14)6-2-3-7(8(10)4-6)9(11,12)13;/h2-5H,14H2,1H3;1H. The quantitative estimate of drug-likeness (QED) is 0.753. The average molecular weight is 244 g/mol. The van der Waals surface area contributed by atoms with Gasteiger partial charge in [0.2, 0.25) is 0 Å². The summed E-state index contributed by atoms with van der Waals surface area (Å²) in [6.07, 6.45) is -4.65. The van der Waals surface area contributed by atoms with Crippen LogP contribution in [0.5, 0.6) is 0 Å². The predicted octanol–water partition coefficient (Wildman–Crippen LogP) is 3.29. The Morgan fingerprint density at radius 1 is 1.27 bits per heavy atom. The molecule has 1 atom stereocenters. The Balaban J connectivity index is 0.00000196. The monoisotopic (exact) mass is 243 g/mol. The summed E-state index contributed by atoms with van der Waals surface area (Å²) >= 11 is 0. The van der Waals surface area contributed by atoms with Crippen molar-refractivity contribution >= 4 is 12.4 Å². The van der Waals surface area contributed by atoms with Crippen LogP contribution in [-0.4, -0.2) is 0 Å². The molecule has 6 heteroatoms. The molecule has 86 valence electrons. The summed E-state index contributed by atoms with van der Waals surface area (Å²) in [4.78, 5) is 0. The van der Waals surface area contributed by atoms with Crippen LogP contribution < -0.4 is 5.73 Å². The second-order valence-electron chi connectivity index (χ2n) is 3.03. The summed E-state index contributed by atoms with van der Waals surface area (Å²) in [5, 5.41) is 0. The van der Waals surface area contributed by atoms with E-state index in [1.54, 1.807) is 6.92 Å². The highest BCUT2D eigenvalue weighted by atomic mass is 35.5. The van der Waals surface area contributed by atoms with E-state index in [4.69, 9.17) is 5.73 Å². The van der Waals surface area contributed by atoms with Crippen molar-refractivity contribution in [2.75, 3.05) is 0 Å². The number of alkyl halides is 3. The largest absolute Gasteiger partial charge is 0.419 e. The molecule has 15 heavy (non-hydrogen) atoms. The molecule has 2 N–H and O–H groups in total. The Hall–Kier alpha value is -0.810. The minimum Gasteiger partial charge on any atom is -0.324 e. The number of hydrogen-bond acceptors (Lipinski definition) is 1. The summed E-state index contributed by atoms with van der Waals surface area (Å²) in [5.41, 5.74) is 4.47. The van der Waals surface area contributed by atoms with Crippen molar-refractivity contribution < 1.29 is 17.6 Å². The van der Waals surface area contributed by atoms with E-state index >= 15 is 0 Å². The van der Waals surface area contributed by atoms with Gasteiger partial charge in [-0.05, 0) is 24.6 Å². The van der Waals surface area contributed by atoms with Gasteiger partial charge in [0.1, 0.15) is 5.82 Å². The normalized spacial score (nSPS) is 13.2. The first kappa shape index (κ1) is 14.2. The molecule has 1 rings (SSSR count). The molecule has 0 saturated heterocycles. The minimum atomic E-state index is -4.65. The van der Waals surface area contributed by atoms with Crippen LogP contribution in [0, 0.1) is 5.82 Å². The zero-order valence-electron chi connectivity index (χ0n) is 7.81. The third-order valence-electron chi connectivity index (χ3n) is 1.82. The molecule has 0 amide bonds. The van der Waals surface area contributed by atoms with Gasteiger partial charge in [-0.2, -0.15) is 13.2 Å². The first-order chi connectivity index (χ1) is 6.32. The predicted molar refractivity (Wildman–Crippen MR) is 51.3 cm³/mol. The average Bonchev–Trinajstić information content (AvgIpc) is 2.01. The van der Waals surface area contributed by atoms with E-state index in [0.717, 1.165) is 6.07 Å². The van der Waals surface area contributed by atoms with Gasteiger partial charge < -0.3 is 5.73 Å². The Kier molecular flexibility index (Phi) is 4.55. The molecule has 0 aliphatic carbocycles. The molecule has 1 aromatic rings. The van der Waals surface area contributed by atoms with Crippen LogP contribution in [0.3, 0.4) is 0 Å². The summed E-state index contributed by atoms with van der Waals surface area (Å²) in [7, 11) is 0. The van der Waals surface area contributed by atoms with Crippen LogP contribution in [0.1, 0.15) is 24.1 Å². The topological polar surface area (TPSA) is 26.0 Å². The van der Waals surface area contributed by atoms with E-state index in [1.165, 1.54) is 6.07 Å². The van der Waals surface area contributed by atoms with Crippen molar-refractivity contribution in [1.82, 2.24) is 0 Å². The van der Waals surface area contributed by atoms with Crippen LogP contribution in [0.4, 0.5) is 17.6 Å². The summed E-state index contributed by atoms with van der Waals surface area (Å²) in [5.74, 6) is -1.28. The molecule has 0 saturated carbocycles. The lowest BCUT2D eigenvalue weighted by Crippen LogP contribution is -2.11. The zero-order chi connectivity index (χ0) is 10.9. The Morgan fingerprint density at radius 3 is 2.13 bits per heavy atom. The molecule has 0 radical (unpaired) electrons. The SMILES string of the molecule is CC(N)c1ccc(C(F)(F)F)c(F)c1.Cl. The van der Waals surface area contributed by atoms with E-state index in [2.05, 4.69) is 0 Å². The number of rotatable bonds is 1. The minimum absolute atomic E-state index is 0. The van der Waals surface area contributed by atoms with E-state index in [0.29, 0.717) is 11.6 Å². The number of halogens is 5. The van der Waals surface area contributed by atoms with E-state index in [9.17, 15) is 17.6 Å². The van der Waals surface area contributed by atoms with Gasteiger partial charge in [-0.25, -0.2) is 4.39 Å². The van der Waals surface area contributed by atoms with Crippen molar-refractivity contribution in [2.45, 2.75) is 19.1 Å². The first-order valence-corrected chi connectivity index (χ1v) is 3.94. The van der Waals surface area contributed by atoms with Crippen molar-refractivity contribution in [1.29, 1.82) is 0 Å². The Morgan fingerprint density at radius 2 is 1.80 bits per heavy atom. The van der Waals surface area contributed by atoms with Gasteiger partial charge in [0.15, 0.2) is 0 Å². The number of benzene rings is 1. The fraction of sp³-hybridized carbons (Fsp3) is 0.333. The van der Waals surface area contributed by atoms with Crippen molar-refractivity contribution in [3.05, 3.63) is 35.1 Å². The molecule has 0 fully saturated rings. The fourth-order valence-electron chi connectivity index (χ4n) is 1.04. The fourth-order valence-corrected chi connectivity index (χ4v) is 1.04. The zero-order valence-corrected chi connectivity index (χ0v) is 8.62. The summed E-state index contributed by atoms with van der Waals surface area (Å²) < 4.78 is 49.3. The Labute approximate surface area is 90.7 Å². The molecule has 1 unspecified atom stereocenters. The van der Waals surface area contributed by atoms with Gasteiger partial charge in [0.05, 0.1) is 5.56 Å². The smallest absolute Gasteiger partial charge is 0.324 e. The molecule has 0 aliphatic rings. The molecule has 0 heterocycles. The summed E-state index contributed by atoms with van der Waals surface area (Å²) in [6, 6.07) is 2.21. The van der Waals surface area contributed by atoms with E-state index in [-0.39, 0.29) is 12.4 Å². The molecule has 1 aromatic carbocycles. The second kappa shape index (κ2) is 4.81. The molecule has 0 bridgehead atoms. The van der Waals surface area contributed by atoms with Crippen LogP contribution in [0.25, 0.3) is 0 Å². The summed E-state index contributed by atoms with van der Waals surface area (Å²) in [6.45, 7) is 1.57. The van der Waals surface area contributed by atoms with Crippen LogP contribution in [-0.2, 0) is 6.18 Å². The van der Waals surface area contributed by atoms with E-state index < -0.39 is 23.6 Å². The molecule has 1 nitrogen and oxygen atoms in total. The van der Waals surface area contributed by atoms with Crippen LogP contribution in [0.15, 0.2) is 18.2 Å². The highest BCUT2D eigenvalue weighted by Gasteiger charge is 2.33. The van der Waals surface area contributed by atoms with E-state index in [1.807, 2.05) is 0 Å².